The van der Waals surface area contributed by atoms with E-state index in [4.69, 9.17) is 4.74 Å². The van der Waals surface area contributed by atoms with Crippen molar-refractivity contribution in [3.05, 3.63) is 108 Å². The first-order valence-electron chi connectivity index (χ1n) is 12.0. The second-order valence-electron chi connectivity index (χ2n) is 8.48. The minimum Gasteiger partial charge on any atom is -0.448 e. The van der Waals surface area contributed by atoms with Gasteiger partial charge >= 0.3 is 6.09 Å². The fraction of sp³-hybridized carbons (Fsp3) is 0.258. The maximum atomic E-state index is 13.4. The van der Waals surface area contributed by atoms with Crippen LogP contribution in [0.3, 0.4) is 0 Å². The molecule has 1 aliphatic carbocycles. The number of rotatable bonds is 8. The fourth-order valence-corrected chi connectivity index (χ4v) is 4.51. The summed E-state index contributed by atoms with van der Waals surface area (Å²) in [5, 5.41) is 0. The van der Waals surface area contributed by atoms with Crippen LogP contribution in [-0.2, 0) is 4.74 Å². The first-order valence-corrected chi connectivity index (χ1v) is 12.0. The summed E-state index contributed by atoms with van der Waals surface area (Å²) in [4.78, 5) is 15.1. The van der Waals surface area contributed by atoms with E-state index in [0.717, 1.165) is 24.8 Å². The van der Waals surface area contributed by atoms with E-state index >= 15 is 0 Å². The molecule has 3 aromatic carbocycles. The van der Waals surface area contributed by atoms with Crippen LogP contribution in [0, 0.1) is 11.8 Å². The van der Waals surface area contributed by atoms with E-state index in [0.29, 0.717) is 6.54 Å². The molecule has 0 saturated carbocycles. The summed E-state index contributed by atoms with van der Waals surface area (Å²) in [6, 6.07) is 26.3. The minimum absolute atomic E-state index is 0.0211. The lowest BCUT2D eigenvalue weighted by atomic mass is 9.98. The highest BCUT2D eigenvalue weighted by Crippen LogP contribution is 2.44. The van der Waals surface area contributed by atoms with E-state index in [1.165, 1.54) is 22.3 Å². The summed E-state index contributed by atoms with van der Waals surface area (Å²) in [7, 11) is 0. The van der Waals surface area contributed by atoms with Gasteiger partial charge in [0, 0.05) is 18.9 Å². The molecule has 0 bridgehead atoms. The molecule has 0 radical (unpaired) electrons. The van der Waals surface area contributed by atoms with Gasteiger partial charge in [-0.05, 0) is 34.2 Å². The molecule has 34 heavy (non-hydrogen) atoms. The van der Waals surface area contributed by atoms with Crippen molar-refractivity contribution < 1.29 is 9.53 Å². The Bertz CT molecular complexity index is 1140. The lowest BCUT2D eigenvalue weighted by Gasteiger charge is -2.28. The summed E-state index contributed by atoms with van der Waals surface area (Å²) in [5.74, 6) is 6.61. The third-order valence-corrected chi connectivity index (χ3v) is 6.22. The van der Waals surface area contributed by atoms with Gasteiger partial charge in [-0.15, -0.1) is 12.5 Å². The van der Waals surface area contributed by atoms with Gasteiger partial charge in [0.15, 0.2) is 0 Å². The Balaban J connectivity index is 1.56. The molecule has 0 N–H and O–H groups in total. The van der Waals surface area contributed by atoms with Crippen LogP contribution in [0.4, 0.5) is 4.79 Å². The van der Waals surface area contributed by atoms with E-state index in [2.05, 4.69) is 61.7 Å². The third-order valence-electron chi connectivity index (χ3n) is 6.22. The molecule has 3 aromatic rings. The molecule has 0 heterocycles. The van der Waals surface area contributed by atoms with Gasteiger partial charge < -0.3 is 4.74 Å². The van der Waals surface area contributed by atoms with E-state index in [1.807, 2.05) is 42.5 Å². The number of hydrogen-bond donors (Lipinski definition) is 0. The number of hydrogen-bond acceptors (Lipinski definition) is 2. The zero-order valence-electron chi connectivity index (χ0n) is 19.7. The zero-order valence-corrected chi connectivity index (χ0v) is 19.7. The van der Waals surface area contributed by atoms with Crippen LogP contribution in [0.15, 0.2) is 91.5 Å². The molecular formula is C31H31NO2. The molecule has 1 amide bonds. The van der Waals surface area contributed by atoms with Gasteiger partial charge in [-0.3, -0.25) is 4.90 Å². The molecular weight excluding hydrogens is 418 g/mol. The second kappa shape index (κ2) is 11.4. The maximum absolute atomic E-state index is 13.4. The van der Waals surface area contributed by atoms with Crippen molar-refractivity contribution in [2.24, 2.45) is 0 Å². The van der Waals surface area contributed by atoms with Gasteiger partial charge in [0.25, 0.3) is 0 Å². The molecule has 3 nitrogen and oxygen atoms in total. The molecule has 0 fully saturated rings. The van der Waals surface area contributed by atoms with E-state index in [9.17, 15) is 4.79 Å². The normalized spacial score (nSPS) is 12.6. The monoisotopic (exact) mass is 449 g/mol. The average Bonchev–Trinajstić information content (AvgIpc) is 3.20. The molecule has 4 rings (SSSR count). The van der Waals surface area contributed by atoms with Crippen LogP contribution >= 0.6 is 0 Å². The molecule has 0 saturated heterocycles. The Kier molecular flexibility index (Phi) is 7.83. The van der Waals surface area contributed by atoms with E-state index in [-0.39, 0.29) is 24.7 Å². The van der Waals surface area contributed by atoms with Crippen LogP contribution in [0.5, 0.6) is 0 Å². The summed E-state index contributed by atoms with van der Waals surface area (Å²) in [6.07, 6.45) is 4.30. The van der Waals surface area contributed by atoms with Crippen molar-refractivity contribution in [3.63, 3.8) is 0 Å². The van der Waals surface area contributed by atoms with Gasteiger partial charge in [0.05, 0.1) is 0 Å². The number of carbonyl (C=O) groups excluding carboxylic acids is 1. The van der Waals surface area contributed by atoms with Crippen LogP contribution < -0.4 is 0 Å². The SMILES string of the molecule is C=CCN(C(=O)OCC1c2ccccc2-c2ccccc21)C(C#CCCCC)c1ccccc1. The van der Waals surface area contributed by atoms with Gasteiger partial charge in [-0.25, -0.2) is 4.79 Å². The van der Waals surface area contributed by atoms with Crippen molar-refractivity contribution in [1.29, 1.82) is 0 Å². The predicted octanol–water partition coefficient (Wildman–Crippen LogP) is 7.36. The number of amides is 1. The van der Waals surface area contributed by atoms with Crippen LogP contribution in [-0.4, -0.2) is 24.1 Å². The van der Waals surface area contributed by atoms with Crippen LogP contribution in [0.25, 0.3) is 11.1 Å². The van der Waals surface area contributed by atoms with E-state index in [1.54, 1.807) is 11.0 Å². The molecule has 0 aliphatic heterocycles. The molecule has 0 aromatic heterocycles. The topological polar surface area (TPSA) is 29.5 Å². The number of benzene rings is 3. The summed E-state index contributed by atoms with van der Waals surface area (Å²) in [6.45, 7) is 6.66. The molecule has 172 valence electrons. The highest BCUT2D eigenvalue weighted by atomic mass is 16.6. The highest BCUT2D eigenvalue weighted by molar-refractivity contribution is 5.79. The van der Waals surface area contributed by atoms with Crippen LogP contribution in [0.1, 0.15) is 54.8 Å². The van der Waals surface area contributed by atoms with Crippen molar-refractivity contribution in [1.82, 2.24) is 4.90 Å². The Morgan fingerprint density at radius 1 is 1.00 bits per heavy atom. The summed E-state index contributed by atoms with van der Waals surface area (Å²) < 4.78 is 5.96. The molecule has 3 heteroatoms. The van der Waals surface area contributed by atoms with Crippen molar-refractivity contribution in [2.75, 3.05) is 13.2 Å². The first kappa shape index (κ1) is 23.4. The summed E-state index contributed by atoms with van der Waals surface area (Å²) >= 11 is 0. The van der Waals surface area contributed by atoms with Gasteiger partial charge in [0.2, 0.25) is 0 Å². The van der Waals surface area contributed by atoms with Gasteiger partial charge in [0.1, 0.15) is 12.6 Å². The Labute approximate surface area is 203 Å². The zero-order chi connectivity index (χ0) is 23.8. The highest BCUT2D eigenvalue weighted by Gasteiger charge is 2.31. The number of carbonyl (C=O) groups is 1. The number of nitrogens with zero attached hydrogens (tertiary/aromatic N) is 1. The van der Waals surface area contributed by atoms with E-state index < -0.39 is 0 Å². The van der Waals surface area contributed by atoms with Crippen molar-refractivity contribution in [3.8, 4) is 23.0 Å². The Morgan fingerprint density at radius 3 is 2.24 bits per heavy atom. The minimum atomic E-state index is -0.383. The smallest absolute Gasteiger partial charge is 0.411 e. The lowest BCUT2D eigenvalue weighted by molar-refractivity contribution is 0.0964. The first-order chi connectivity index (χ1) is 16.7. The second-order valence-corrected chi connectivity index (χ2v) is 8.48. The predicted molar refractivity (Wildman–Crippen MR) is 138 cm³/mol. The van der Waals surface area contributed by atoms with Gasteiger partial charge in [-0.1, -0.05) is 104 Å². The van der Waals surface area contributed by atoms with Gasteiger partial charge in [-0.2, -0.15) is 0 Å². The fourth-order valence-electron chi connectivity index (χ4n) is 4.51. The number of ether oxygens (including phenoxy) is 1. The van der Waals surface area contributed by atoms with Crippen molar-refractivity contribution in [2.45, 2.75) is 38.1 Å². The molecule has 1 atom stereocenters. The van der Waals surface area contributed by atoms with Crippen LogP contribution in [0.2, 0.25) is 0 Å². The standard InChI is InChI=1S/C31H31NO2/c1-3-5-6-10-21-30(24-15-8-7-9-16-24)32(22-4-2)31(33)34-23-29-27-19-13-11-17-25(27)26-18-12-14-20-28(26)29/h4,7-9,11-20,29-30H,2-3,5-6,22-23H2,1H3. The Hall–Kier alpha value is -3.77. The van der Waals surface area contributed by atoms with Crippen molar-refractivity contribution >= 4 is 6.09 Å². The number of unbranched alkanes of at least 4 members (excludes halogenated alkanes) is 2. The Morgan fingerprint density at radius 2 is 1.62 bits per heavy atom. The lowest BCUT2D eigenvalue weighted by Crippen LogP contribution is -2.35. The molecule has 1 unspecified atom stereocenters. The third kappa shape index (κ3) is 5.07. The summed E-state index contributed by atoms with van der Waals surface area (Å²) in [5.41, 5.74) is 5.80. The maximum Gasteiger partial charge on any atom is 0.411 e. The quantitative estimate of drug-likeness (QED) is 0.204. The largest absolute Gasteiger partial charge is 0.448 e. The average molecular weight is 450 g/mol. The number of fused-ring (bicyclic) bond motifs is 3. The molecule has 0 spiro atoms. The molecule has 1 aliphatic rings.